The number of H-pyrrole nitrogens is 1. The van der Waals surface area contributed by atoms with Gasteiger partial charge in [-0.05, 0) is 68.0 Å². The molecule has 1 aromatic carbocycles. The zero-order valence-corrected chi connectivity index (χ0v) is 29.6. The summed E-state index contributed by atoms with van der Waals surface area (Å²) in [6, 6.07) is 4.31. The molecule has 4 rings (SSSR count). The molecule has 1 aliphatic carbocycles. The second-order valence-electron chi connectivity index (χ2n) is 12.5. The predicted molar refractivity (Wildman–Crippen MR) is 173 cm³/mol. The fraction of sp³-hybridized carbons (Fsp3) is 0.676. The summed E-state index contributed by atoms with van der Waals surface area (Å²) in [5, 5.41) is 0. The molecule has 1 aliphatic heterocycles. The number of nitrogens with two attached hydrogens (primary N) is 1. The van der Waals surface area contributed by atoms with Crippen LogP contribution in [0.1, 0.15) is 98.1 Å². The minimum absolute atomic E-state index is 0. The summed E-state index contributed by atoms with van der Waals surface area (Å²) in [5.74, 6) is 0.704. The molecule has 0 bridgehead atoms. The zero-order chi connectivity index (χ0) is 33.6. The van der Waals surface area contributed by atoms with Crippen LogP contribution in [-0.2, 0) is 44.1 Å². The van der Waals surface area contributed by atoms with E-state index in [4.69, 9.17) is 14.3 Å². The van der Waals surface area contributed by atoms with Crippen LogP contribution in [0.2, 0.25) is 0 Å². The number of aromatic nitrogens is 2. The number of likely N-dealkylation sites (tertiary alicyclic amines) is 1. The molecule has 0 spiro atoms. The van der Waals surface area contributed by atoms with E-state index >= 15 is 0 Å². The first kappa shape index (κ1) is 41.3. The van der Waals surface area contributed by atoms with Gasteiger partial charge in [-0.1, -0.05) is 60.3 Å². The van der Waals surface area contributed by atoms with Gasteiger partial charge in [0.1, 0.15) is 17.5 Å². The number of primary amides is 1. The Kier molecular flexibility index (Phi) is 18.4. The summed E-state index contributed by atoms with van der Waals surface area (Å²) in [6.45, 7) is 10.1. The van der Waals surface area contributed by atoms with E-state index < -0.39 is 23.7 Å². The Bertz CT molecular complexity index is 1290. The fourth-order valence-corrected chi connectivity index (χ4v) is 6.06. The molecule has 2 heterocycles. The molecule has 1 saturated heterocycles. The molecule has 257 valence electrons. The Hall–Kier alpha value is -2.76. The van der Waals surface area contributed by atoms with Gasteiger partial charge in [-0.25, -0.2) is 15.7 Å². The number of carbonyl (C=O) groups is 2. The van der Waals surface area contributed by atoms with E-state index in [1.807, 2.05) is 46.8 Å². The summed E-state index contributed by atoms with van der Waals surface area (Å²) in [4.78, 5) is 54.8. The van der Waals surface area contributed by atoms with Crippen molar-refractivity contribution in [2.24, 2.45) is 17.1 Å². The third-order valence-electron chi connectivity index (χ3n) is 8.35. The molecular weight excluding hydrogens is 630 g/mol. The second kappa shape index (κ2) is 20.5. The van der Waals surface area contributed by atoms with E-state index in [-0.39, 0.29) is 55.5 Å². The van der Waals surface area contributed by atoms with E-state index in [0.29, 0.717) is 29.3 Å². The number of alkyl halides is 1. The number of hydrogen-bond acceptors (Lipinski definition) is 7. The smallest absolute Gasteiger partial charge is 0.270 e. The van der Waals surface area contributed by atoms with Crippen molar-refractivity contribution in [1.82, 2.24) is 14.9 Å². The molecule has 1 radical (unpaired) electrons. The van der Waals surface area contributed by atoms with Gasteiger partial charge in [0.05, 0.1) is 30.4 Å². The van der Waals surface area contributed by atoms with Crippen molar-refractivity contribution < 1.29 is 46.8 Å². The number of nitrogens with one attached hydrogen (secondary N) is 1. The number of halogens is 1. The van der Waals surface area contributed by atoms with Crippen LogP contribution < -0.4 is 16.0 Å². The van der Waals surface area contributed by atoms with Crippen molar-refractivity contribution in [3.63, 3.8) is 0 Å². The molecule has 10 nitrogen and oxygen atoms in total. The van der Waals surface area contributed by atoms with E-state index in [0.717, 1.165) is 56.9 Å². The number of amides is 2. The SMILES string of the molecule is CC.COc1ccc2nc(CCCCCC3CCCC[C@H]3O[C@H](C(=O)N3CCC(F)C3[C-]=O)C(C)(C)C)c(=O)[nH]c2c1.NC=O.[V]. The molecule has 2 aromatic rings. The number of nitrogens with zero attached hydrogens (tertiary/aromatic N) is 2. The molecule has 2 fully saturated rings. The van der Waals surface area contributed by atoms with Crippen molar-refractivity contribution in [3.8, 4) is 5.75 Å². The zero-order valence-electron chi connectivity index (χ0n) is 28.2. The van der Waals surface area contributed by atoms with Gasteiger partial charge in [0.15, 0.2) is 0 Å². The Morgan fingerprint density at radius 1 is 1.20 bits per heavy atom. The Morgan fingerprint density at radius 3 is 2.50 bits per heavy atom. The maximum atomic E-state index is 14.2. The number of aromatic amines is 1. The first-order valence-corrected chi connectivity index (χ1v) is 16.2. The van der Waals surface area contributed by atoms with Crippen LogP contribution >= 0.6 is 0 Å². The first-order chi connectivity index (χ1) is 21.5. The standard InChI is InChI=1S/C31H43FN3O5.C2H6.CH3NO.V/c1-31(2,3)28(30(38)35-17-16-22(32)26(35)19-36)40-27-13-9-8-11-20(27)10-6-5-7-12-24-29(37)34-25-18-21(39-4)14-15-23(25)33-24;1-2;2-1-3;/h14-15,18,20,22,26-28H,5-13,16-17H2,1-4H3,(H,34,37);1-2H3;1H,(H2,2,3);/q-1;;;/t20?,22?,26?,27-,28-;;;/m1.../s1. The molecule has 2 amide bonds. The predicted octanol–water partition coefficient (Wildman–Crippen LogP) is 5.20. The van der Waals surface area contributed by atoms with Gasteiger partial charge in [-0.15, -0.1) is 0 Å². The number of unbranched alkanes of at least 4 members (excludes halogenated alkanes) is 2. The summed E-state index contributed by atoms with van der Waals surface area (Å²) in [7, 11) is 1.59. The van der Waals surface area contributed by atoms with Crippen LogP contribution in [0.4, 0.5) is 4.39 Å². The summed E-state index contributed by atoms with van der Waals surface area (Å²) in [6.07, 6.45) is 8.52. The monoisotopic (exact) mass is 682 g/mol. The molecule has 3 N–H and O–H groups in total. The van der Waals surface area contributed by atoms with Gasteiger partial charge in [-0.3, -0.25) is 14.4 Å². The van der Waals surface area contributed by atoms with Crippen molar-refractivity contribution >= 4 is 29.6 Å². The molecule has 3 unspecified atom stereocenters. The Morgan fingerprint density at radius 2 is 1.87 bits per heavy atom. The average molecular weight is 683 g/mol. The van der Waals surface area contributed by atoms with Crippen LogP contribution in [-0.4, -0.2) is 71.5 Å². The first-order valence-electron chi connectivity index (χ1n) is 16.2. The minimum atomic E-state index is -1.37. The average Bonchev–Trinajstić information content (AvgIpc) is 3.40. The third-order valence-corrected chi connectivity index (χ3v) is 8.35. The van der Waals surface area contributed by atoms with Gasteiger partial charge < -0.3 is 29.9 Å². The fourth-order valence-electron chi connectivity index (χ4n) is 6.06. The molecule has 2 aliphatic rings. The molecule has 46 heavy (non-hydrogen) atoms. The maximum absolute atomic E-state index is 14.2. The summed E-state index contributed by atoms with van der Waals surface area (Å²) < 4.78 is 26.0. The maximum Gasteiger partial charge on any atom is 0.270 e. The molecule has 1 saturated carbocycles. The normalized spacial score (nSPS) is 21.5. The topological polar surface area (TPSA) is 145 Å². The van der Waals surface area contributed by atoms with Crippen LogP contribution in [0.15, 0.2) is 23.0 Å². The minimum Gasteiger partial charge on any atom is -0.540 e. The van der Waals surface area contributed by atoms with E-state index in [1.165, 1.54) is 4.90 Å². The van der Waals surface area contributed by atoms with Gasteiger partial charge >= 0.3 is 0 Å². The number of methoxy groups -OCH3 is 1. The van der Waals surface area contributed by atoms with Crippen LogP contribution in [0.3, 0.4) is 0 Å². The number of aryl methyl sites for hydroxylation is 1. The van der Waals surface area contributed by atoms with Gasteiger partial charge in [0.25, 0.3) is 5.56 Å². The number of benzene rings is 1. The second-order valence-corrected chi connectivity index (χ2v) is 12.5. The van der Waals surface area contributed by atoms with Crippen LogP contribution in [0, 0.1) is 11.3 Å². The number of rotatable bonds is 11. The Balaban J connectivity index is 0.00000166. The van der Waals surface area contributed by atoms with Crippen molar-refractivity contribution in [1.29, 1.82) is 0 Å². The third kappa shape index (κ3) is 11.5. The quantitative estimate of drug-likeness (QED) is 0.188. The molecule has 1 aromatic heterocycles. The number of hydrogen-bond donors (Lipinski definition) is 2. The van der Waals surface area contributed by atoms with E-state index in [2.05, 4.69) is 15.7 Å². The van der Waals surface area contributed by atoms with E-state index in [1.54, 1.807) is 19.5 Å². The molecule has 5 atom stereocenters. The van der Waals surface area contributed by atoms with Crippen molar-refractivity contribution in [2.75, 3.05) is 13.7 Å². The van der Waals surface area contributed by atoms with Crippen LogP contribution in [0.5, 0.6) is 5.75 Å². The number of ether oxygens (including phenoxy) is 2. The van der Waals surface area contributed by atoms with Gasteiger partial charge in [0.2, 0.25) is 12.3 Å². The molecular formula is C34H52FN4O6V-. The summed E-state index contributed by atoms with van der Waals surface area (Å²) in [5.41, 5.74) is 5.47. The van der Waals surface area contributed by atoms with Crippen molar-refractivity contribution in [3.05, 3.63) is 34.2 Å². The van der Waals surface area contributed by atoms with Gasteiger partial charge in [-0.2, -0.15) is 0 Å². The number of fused-ring (bicyclic) bond motifs is 1. The summed E-state index contributed by atoms with van der Waals surface area (Å²) >= 11 is 0. The van der Waals surface area contributed by atoms with Gasteiger partial charge in [0, 0.05) is 31.2 Å². The molecule has 12 heteroatoms. The number of carbonyl (C=O) groups excluding carboxylic acids is 3. The largest absolute Gasteiger partial charge is 0.540 e. The Labute approximate surface area is 284 Å². The van der Waals surface area contributed by atoms with Crippen LogP contribution in [0.25, 0.3) is 11.0 Å². The van der Waals surface area contributed by atoms with E-state index in [9.17, 15) is 18.8 Å². The van der Waals surface area contributed by atoms with Crippen molar-refractivity contribution in [2.45, 2.75) is 123 Å².